The number of nitrogens with zero attached hydrogens (tertiary/aromatic N) is 4. The molecule has 7 nitrogen and oxygen atoms in total. The third-order valence-electron chi connectivity index (χ3n) is 3.17. The molecule has 1 N–H and O–H groups in total. The number of aromatic nitrogens is 2. The lowest BCUT2D eigenvalue weighted by atomic mass is 10.1. The zero-order chi connectivity index (χ0) is 14.7. The Labute approximate surface area is 116 Å². The summed E-state index contributed by atoms with van der Waals surface area (Å²) in [6.45, 7) is 0.215. The van der Waals surface area contributed by atoms with Crippen LogP contribution in [0.25, 0.3) is 0 Å². The minimum absolute atomic E-state index is 0.0679. The fourth-order valence-electron chi connectivity index (χ4n) is 1.97. The first-order chi connectivity index (χ1) is 9.52. The van der Waals surface area contributed by atoms with E-state index in [0.29, 0.717) is 12.1 Å². The lowest BCUT2D eigenvalue weighted by Crippen LogP contribution is -2.19. The zero-order valence-electron chi connectivity index (χ0n) is 11.4. The van der Waals surface area contributed by atoms with E-state index < -0.39 is 4.92 Å². The molecule has 1 aromatic heterocycles. The monoisotopic (exact) mass is 276 g/mol. The number of aryl methyl sites for hydroxylation is 1. The van der Waals surface area contributed by atoms with Gasteiger partial charge in [0.1, 0.15) is 5.82 Å². The van der Waals surface area contributed by atoms with Gasteiger partial charge in [0.25, 0.3) is 5.69 Å². The maximum absolute atomic E-state index is 10.8. The van der Waals surface area contributed by atoms with Crippen LogP contribution in [0.5, 0.6) is 0 Å². The standard InChI is InChI=1S/C13H16N4O3/c1-15-6-5-14-13(15)8-16(2)11-3-4-12(17(19)20)10(7-11)9-18/h3-7,18H,8-9H2,1-2H3. The molecule has 2 rings (SSSR count). The molecule has 0 fully saturated rings. The SMILES string of the molecule is CN(Cc1nccn1C)c1ccc([N+](=O)[O-])c(CO)c1. The van der Waals surface area contributed by atoms with E-state index in [9.17, 15) is 15.2 Å². The number of rotatable bonds is 5. The van der Waals surface area contributed by atoms with E-state index in [-0.39, 0.29) is 12.3 Å². The second-order valence-electron chi connectivity index (χ2n) is 4.54. The molecule has 0 radical (unpaired) electrons. The van der Waals surface area contributed by atoms with Gasteiger partial charge in [-0.3, -0.25) is 10.1 Å². The topological polar surface area (TPSA) is 84.4 Å². The summed E-state index contributed by atoms with van der Waals surface area (Å²) in [6.07, 6.45) is 3.58. The van der Waals surface area contributed by atoms with Crippen molar-refractivity contribution >= 4 is 11.4 Å². The molecule has 2 aromatic rings. The van der Waals surface area contributed by atoms with E-state index >= 15 is 0 Å². The van der Waals surface area contributed by atoms with E-state index in [1.165, 1.54) is 6.07 Å². The predicted molar refractivity (Wildman–Crippen MR) is 74.3 cm³/mol. The van der Waals surface area contributed by atoms with E-state index in [0.717, 1.165) is 11.5 Å². The zero-order valence-corrected chi connectivity index (χ0v) is 11.4. The summed E-state index contributed by atoms with van der Waals surface area (Å²) in [6, 6.07) is 4.71. The molecule has 0 aliphatic carbocycles. The highest BCUT2D eigenvalue weighted by molar-refractivity contribution is 5.55. The highest BCUT2D eigenvalue weighted by Crippen LogP contribution is 2.25. The highest BCUT2D eigenvalue weighted by Gasteiger charge is 2.15. The number of hydrogen-bond acceptors (Lipinski definition) is 5. The van der Waals surface area contributed by atoms with Gasteiger partial charge in [-0.25, -0.2) is 4.98 Å². The van der Waals surface area contributed by atoms with Gasteiger partial charge in [0.2, 0.25) is 0 Å². The van der Waals surface area contributed by atoms with Crippen LogP contribution < -0.4 is 4.90 Å². The van der Waals surface area contributed by atoms with Crippen LogP contribution in [0.1, 0.15) is 11.4 Å². The number of imidazole rings is 1. The fourth-order valence-corrected chi connectivity index (χ4v) is 1.97. The summed E-state index contributed by atoms with van der Waals surface area (Å²) in [5.74, 6) is 0.886. The average Bonchev–Trinajstić information content (AvgIpc) is 2.83. The van der Waals surface area contributed by atoms with Crippen LogP contribution in [-0.4, -0.2) is 26.6 Å². The van der Waals surface area contributed by atoms with Crippen molar-refractivity contribution in [3.05, 3.63) is 52.1 Å². The molecular formula is C13H16N4O3. The summed E-state index contributed by atoms with van der Waals surface area (Å²) >= 11 is 0. The minimum Gasteiger partial charge on any atom is -0.391 e. The molecule has 0 unspecified atom stereocenters. The normalized spacial score (nSPS) is 10.6. The van der Waals surface area contributed by atoms with Crippen molar-refractivity contribution in [2.75, 3.05) is 11.9 Å². The Balaban J connectivity index is 2.24. The Bertz CT molecular complexity index is 624. The second kappa shape index (κ2) is 5.70. The molecule has 0 spiro atoms. The van der Waals surface area contributed by atoms with Gasteiger partial charge < -0.3 is 14.6 Å². The van der Waals surface area contributed by atoms with Crippen LogP contribution in [-0.2, 0) is 20.2 Å². The van der Waals surface area contributed by atoms with Crippen LogP contribution in [0.4, 0.5) is 11.4 Å². The molecular weight excluding hydrogens is 260 g/mol. The van der Waals surface area contributed by atoms with Crippen molar-refractivity contribution in [3.8, 4) is 0 Å². The van der Waals surface area contributed by atoms with E-state index in [2.05, 4.69) is 4.98 Å². The van der Waals surface area contributed by atoms with E-state index in [1.54, 1.807) is 18.3 Å². The van der Waals surface area contributed by atoms with Gasteiger partial charge in [-0.2, -0.15) is 0 Å². The summed E-state index contributed by atoms with van der Waals surface area (Å²) < 4.78 is 1.91. The Hall–Kier alpha value is -2.41. The molecule has 106 valence electrons. The minimum atomic E-state index is -0.492. The number of anilines is 1. The number of hydrogen-bond donors (Lipinski definition) is 1. The molecule has 7 heteroatoms. The summed E-state index contributed by atoms with van der Waals surface area (Å²) in [5.41, 5.74) is 1.03. The summed E-state index contributed by atoms with van der Waals surface area (Å²) in [5, 5.41) is 20.1. The van der Waals surface area contributed by atoms with E-state index in [1.807, 2.05) is 29.8 Å². The first-order valence-corrected chi connectivity index (χ1v) is 6.08. The van der Waals surface area contributed by atoms with Gasteiger partial charge in [0.15, 0.2) is 0 Å². The number of nitro groups is 1. The molecule has 0 saturated carbocycles. The summed E-state index contributed by atoms with van der Waals surface area (Å²) in [7, 11) is 3.78. The van der Waals surface area contributed by atoms with Crippen molar-refractivity contribution in [1.82, 2.24) is 9.55 Å². The van der Waals surface area contributed by atoms with Crippen molar-refractivity contribution in [3.63, 3.8) is 0 Å². The Morgan fingerprint density at radius 2 is 2.25 bits per heavy atom. The average molecular weight is 276 g/mol. The quantitative estimate of drug-likeness (QED) is 0.660. The van der Waals surface area contributed by atoms with Gasteiger partial charge in [-0.15, -0.1) is 0 Å². The van der Waals surface area contributed by atoms with Crippen LogP contribution >= 0.6 is 0 Å². The number of aliphatic hydroxyl groups is 1. The molecule has 0 saturated heterocycles. The first kappa shape index (κ1) is 14.0. The molecule has 0 aliphatic rings. The van der Waals surface area contributed by atoms with Crippen LogP contribution in [0, 0.1) is 10.1 Å². The van der Waals surface area contributed by atoms with Gasteiger partial charge in [-0.05, 0) is 12.1 Å². The number of benzene rings is 1. The first-order valence-electron chi connectivity index (χ1n) is 6.08. The smallest absolute Gasteiger partial charge is 0.275 e. The predicted octanol–water partition coefficient (Wildman–Crippen LogP) is 1.46. The van der Waals surface area contributed by atoms with Crippen LogP contribution in [0.3, 0.4) is 0 Å². The van der Waals surface area contributed by atoms with Gasteiger partial charge >= 0.3 is 0 Å². The fraction of sp³-hybridized carbons (Fsp3) is 0.308. The lowest BCUT2D eigenvalue weighted by Gasteiger charge is -2.19. The van der Waals surface area contributed by atoms with Crippen LogP contribution in [0.15, 0.2) is 30.6 Å². The van der Waals surface area contributed by atoms with Gasteiger partial charge in [0, 0.05) is 38.2 Å². The highest BCUT2D eigenvalue weighted by atomic mass is 16.6. The third kappa shape index (κ3) is 2.77. The largest absolute Gasteiger partial charge is 0.391 e. The number of nitro benzene ring substituents is 1. The van der Waals surface area contributed by atoms with E-state index in [4.69, 9.17) is 0 Å². The third-order valence-corrected chi connectivity index (χ3v) is 3.17. The Morgan fingerprint density at radius 3 is 2.80 bits per heavy atom. The Kier molecular flexibility index (Phi) is 3.99. The molecule has 1 heterocycles. The van der Waals surface area contributed by atoms with Crippen LogP contribution in [0.2, 0.25) is 0 Å². The molecule has 20 heavy (non-hydrogen) atoms. The maximum Gasteiger partial charge on any atom is 0.275 e. The molecule has 0 aliphatic heterocycles. The molecule has 0 amide bonds. The van der Waals surface area contributed by atoms with Crippen molar-refractivity contribution < 1.29 is 10.0 Å². The number of aliphatic hydroxyl groups excluding tert-OH is 1. The molecule has 0 bridgehead atoms. The van der Waals surface area contributed by atoms with Crippen molar-refractivity contribution in [2.24, 2.45) is 7.05 Å². The molecule has 1 aromatic carbocycles. The molecule has 0 atom stereocenters. The Morgan fingerprint density at radius 1 is 1.50 bits per heavy atom. The van der Waals surface area contributed by atoms with Crippen molar-refractivity contribution in [1.29, 1.82) is 0 Å². The maximum atomic E-state index is 10.8. The lowest BCUT2D eigenvalue weighted by molar-refractivity contribution is -0.385. The van der Waals surface area contributed by atoms with Gasteiger partial charge in [-0.1, -0.05) is 0 Å². The summed E-state index contributed by atoms with van der Waals surface area (Å²) in [4.78, 5) is 16.5. The van der Waals surface area contributed by atoms with Gasteiger partial charge in [0.05, 0.1) is 23.6 Å². The van der Waals surface area contributed by atoms with Crippen molar-refractivity contribution in [2.45, 2.75) is 13.2 Å². The second-order valence-corrected chi connectivity index (χ2v) is 4.54.